The van der Waals surface area contributed by atoms with Crippen molar-refractivity contribution in [1.82, 2.24) is 14.8 Å². The van der Waals surface area contributed by atoms with Gasteiger partial charge in [0.25, 0.3) is 0 Å². The molecule has 0 aliphatic carbocycles. The number of nitrogens with zero attached hydrogens (tertiary/aromatic N) is 4. The van der Waals surface area contributed by atoms with Gasteiger partial charge < -0.3 is 4.74 Å². The van der Waals surface area contributed by atoms with Crippen molar-refractivity contribution in [2.24, 2.45) is 7.05 Å². The van der Waals surface area contributed by atoms with Gasteiger partial charge in [-0.3, -0.25) is 14.5 Å². The second kappa shape index (κ2) is 9.06. The molecule has 0 bridgehead atoms. The molecule has 6 heteroatoms. The molecule has 0 radical (unpaired) electrons. The maximum absolute atomic E-state index is 13.2. The minimum atomic E-state index is -0.0673. The highest BCUT2D eigenvalue weighted by atomic mass is 16.5. The summed E-state index contributed by atoms with van der Waals surface area (Å²) in [6.45, 7) is 0.198. The van der Waals surface area contributed by atoms with Gasteiger partial charge >= 0.3 is 0 Å². The van der Waals surface area contributed by atoms with Crippen LogP contribution in [0.5, 0.6) is 5.75 Å². The van der Waals surface area contributed by atoms with Crippen molar-refractivity contribution in [3.63, 3.8) is 0 Å². The van der Waals surface area contributed by atoms with Crippen LogP contribution in [-0.4, -0.2) is 20.5 Å². The van der Waals surface area contributed by atoms with Crippen molar-refractivity contribution in [3.8, 4) is 22.9 Å². The molecule has 4 aromatic rings. The number of aryl methyl sites for hydroxylation is 1. The van der Waals surface area contributed by atoms with E-state index in [4.69, 9.17) is 4.74 Å². The molecule has 0 saturated heterocycles. The molecule has 0 unspecified atom stereocenters. The molecule has 0 aliphatic heterocycles. The Bertz CT molecular complexity index is 1260. The van der Waals surface area contributed by atoms with Gasteiger partial charge in [-0.2, -0.15) is 10.4 Å². The van der Waals surface area contributed by atoms with Crippen LogP contribution in [0.15, 0.2) is 79.4 Å². The fourth-order valence-electron chi connectivity index (χ4n) is 3.32. The van der Waals surface area contributed by atoms with Gasteiger partial charge in [0, 0.05) is 43.2 Å². The number of carbonyl (C=O) groups is 1. The molecule has 31 heavy (non-hydrogen) atoms. The van der Waals surface area contributed by atoms with Gasteiger partial charge in [0.2, 0.25) is 0 Å². The summed E-state index contributed by atoms with van der Waals surface area (Å²) in [5.74, 6) is 0.414. The summed E-state index contributed by atoms with van der Waals surface area (Å²) >= 11 is 0. The molecule has 4 rings (SSSR count). The Hall–Kier alpha value is -4.24. The Kier molecular flexibility index (Phi) is 5.86. The van der Waals surface area contributed by atoms with Crippen LogP contribution >= 0.6 is 0 Å². The first-order chi connectivity index (χ1) is 15.1. The third-order valence-corrected chi connectivity index (χ3v) is 4.93. The Balaban J connectivity index is 1.66. The normalized spacial score (nSPS) is 10.5. The van der Waals surface area contributed by atoms with Crippen molar-refractivity contribution in [2.45, 2.75) is 13.0 Å². The Morgan fingerprint density at radius 1 is 1.10 bits per heavy atom. The van der Waals surface area contributed by atoms with Crippen molar-refractivity contribution >= 4 is 5.78 Å². The zero-order chi connectivity index (χ0) is 21.6. The van der Waals surface area contributed by atoms with E-state index in [1.807, 2.05) is 55.7 Å². The summed E-state index contributed by atoms with van der Waals surface area (Å²) in [5, 5.41) is 13.5. The molecule has 0 atom stereocenters. The second-order valence-electron chi connectivity index (χ2n) is 7.13. The van der Waals surface area contributed by atoms with E-state index in [-0.39, 0.29) is 18.8 Å². The van der Waals surface area contributed by atoms with Gasteiger partial charge in [-0.05, 0) is 35.4 Å². The minimum absolute atomic E-state index is 0.0673. The Labute approximate surface area is 180 Å². The minimum Gasteiger partial charge on any atom is -0.488 e. The molecule has 0 fully saturated rings. The van der Waals surface area contributed by atoms with Crippen LogP contribution in [0.3, 0.4) is 0 Å². The molecule has 0 N–H and O–H groups in total. The van der Waals surface area contributed by atoms with E-state index in [9.17, 15) is 10.1 Å². The fourth-order valence-corrected chi connectivity index (χ4v) is 3.32. The maximum Gasteiger partial charge on any atom is 0.171 e. The van der Waals surface area contributed by atoms with Crippen LogP contribution in [0.2, 0.25) is 0 Å². The third kappa shape index (κ3) is 4.68. The lowest BCUT2D eigenvalue weighted by Crippen LogP contribution is -2.08. The molecule has 6 nitrogen and oxygen atoms in total. The van der Waals surface area contributed by atoms with Crippen LogP contribution in [0.25, 0.3) is 11.1 Å². The average molecular weight is 408 g/mol. The van der Waals surface area contributed by atoms with Crippen molar-refractivity contribution in [1.29, 1.82) is 5.26 Å². The zero-order valence-corrected chi connectivity index (χ0v) is 17.0. The van der Waals surface area contributed by atoms with E-state index < -0.39 is 0 Å². The lowest BCUT2D eigenvalue weighted by molar-refractivity contribution is 0.0988. The number of nitriles is 1. The van der Waals surface area contributed by atoms with Crippen molar-refractivity contribution < 1.29 is 9.53 Å². The van der Waals surface area contributed by atoms with E-state index in [1.54, 1.807) is 35.4 Å². The third-order valence-electron chi connectivity index (χ3n) is 4.93. The number of aromatic nitrogens is 3. The SMILES string of the molecule is Cn1cc(-c2ccc(OCc3ccccc3C#N)c(C(=O)Cc3cccnc3)c2)cn1. The summed E-state index contributed by atoms with van der Waals surface area (Å²) < 4.78 is 7.73. The van der Waals surface area contributed by atoms with E-state index in [0.29, 0.717) is 16.9 Å². The number of pyridine rings is 1. The predicted octanol–water partition coefficient (Wildman–Crippen LogP) is 4.36. The first-order valence-electron chi connectivity index (χ1n) is 9.80. The molecule has 2 aromatic heterocycles. The molecule has 0 amide bonds. The van der Waals surface area contributed by atoms with E-state index in [0.717, 1.165) is 22.3 Å². The van der Waals surface area contributed by atoms with Gasteiger partial charge in [0.05, 0.1) is 23.4 Å². The van der Waals surface area contributed by atoms with Crippen LogP contribution in [-0.2, 0) is 20.1 Å². The second-order valence-corrected chi connectivity index (χ2v) is 7.13. The Morgan fingerprint density at radius 2 is 1.97 bits per heavy atom. The zero-order valence-electron chi connectivity index (χ0n) is 17.0. The highest BCUT2D eigenvalue weighted by Gasteiger charge is 2.16. The van der Waals surface area contributed by atoms with Crippen LogP contribution in [0.1, 0.15) is 27.0 Å². The quantitative estimate of drug-likeness (QED) is 0.425. The number of hydrogen-bond donors (Lipinski definition) is 0. The number of carbonyl (C=O) groups excluding carboxylic acids is 1. The van der Waals surface area contributed by atoms with E-state index in [2.05, 4.69) is 16.2 Å². The topological polar surface area (TPSA) is 80.8 Å². The lowest BCUT2D eigenvalue weighted by Gasteiger charge is -2.13. The lowest BCUT2D eigenvalue weighted by atomic mass is 9.99. The number of ether oxygens (including phenoxy) is 1. The van der Waals surface area contributed by atoms with E-state index >= 15 is 0 Å². The van der Waals surface area contributed by atoms with E-state index in [1.165, 1.54) is 0 Å². The molecular formula is C25H20N4O2. The smallest absolute Gasteiger partial charge is 0.171 e. The molecule has 152 valence electrons. The molecule has 0 saturated carbocycles. The summed E-state index contributed by atoms with van der Waals surface area (Å²) in [6, 6.07) is 18.7. The molecular weight excluding hydrogens is 388 g/mol. The van der Waals surface area contributed by atoms with Gasteiger partial charge in [-0.15, -0.1) is 0 Å². The number of benzene rings is 2. The van der Waals surface area contributed by atoms with Gasteiger partial charge in [-0.25, -0.2) is 0 Å². The van der Waals surface area contributed by atoms with Gasteiger partial charge in [0.15, 0.2) is 5.78 Å². The molecule has 2 heterocycles. The predicted molar refractivity (Wildman–Crippen MR) is 116 cm³/mol. The maximum atomic E-state index is 13.2. The van der Waals surface area contributed by atoms with Crippen LogP contribution in [0.4, 0.5) is 0 Å². The monoisotopic (exact) mass is 408 g/mol. The van der Waals surface area contributed by atoms with Gasteiger partial charge in [-0.1, -0.05) is 30.3 Å². The van der Waals surface area contributed by atoms with Crippen LogP contribution < -0.4 is 4.74 Å². The number of hydrogen-bond acceptors (Lipinski definition) is 5. The first kappa shape index (κ1) is 20.0. The first-order valence-corrected chi connectivity index (χ1v) is 9.80. The average Bonchev–Trinajstić information content (AvgIpc) is 3.24. The highest BCUT2D eigenvalue weighted by molar-refractivity contribution is 6.01. The summed E-state index contributed by atoms with van der Waals surface area (Å²) in [5.41, 5.74) is 4.44. The Morgan fingerprint density at radius 3 is 2.71 bits per heavy atom. The summed E-state index contributed by atoms with van der Waals surface area (Å²) in [6.07, 6.45) is 7.24. The summed E-state index contributed by atoms with van der Waals surface area (Å²) in [4.78, 5) is 17.3. The molecule has 0 spiro atoms. The van der Waals surface area contributed by atoms with Gasteiger partial charge in [0.1, 0.15) is 12.4 Å². The molecule has 0 aliphatic rings. The largest absolute Gasteiger partial charge is 0.488 e. The highest BCUT2D eigenvalue weighted by Crippen LogP contribution is 2.28. The van der Waals surface area contributed by atoms with Crippen LogP contribution in [0, 0.1) is 11.3 Å². The van der Waals surface area contributed by atoms with Crippen molar-refractivity contribution in [2.75, 3.05) is 0 Å². The standard InChI is InChI=1S/C25H20N4O2/c1-29-16-22(15-28-29)19-8-9-25(31-17-21-7-3-2-6-20(21)13-26)23(12-19)24(30)11-18-5-4-10-27-14-18/h2-10,12,14-16H,11,17H2,1H3. The number of rotatable bonds is 7. The summed E-state index contributed by atoms with van der Waals surface area (Å²) in [7, 11) is 1.85. The number of Topliss-reactive ketones (excluding diaryl/α,β-unsaturated/α-hetero) is 1. The number of ketones is 1. The van der Waals surface area contributed by atoms with Crippen molar-refractivity contribution in [3.05, 3.63) is 102 Å². The molecule has 2 aromatic carbocycles. The fraction of sp³-hybridized carbons (Fsp3) is 0.120.